The number of benzene rings is 2. The lowest BCUT2D eigenvalue weighted by molar-refractivity contribution is -0.133. The fraction of sp³-hybridized carbons (Fsp3) is 0.333. The average Bonchev–Trinajstić information content (AvgIpc) is 3.25. The zero-order valence-corrected chi connectivity index (χ0v) is 20.6. The number of hydrogen-bond donors (Lipinski definition) is 0. The van der Waals surface area contributed by atoms with Crippen molar-refractivity contribution in [2.24, 2.45) is 7.05 Å². The van der Waals surface area contributed by atoms with Crippen molar-refractivity contribution in [3.05, 3.63) is 94.8 Å². The van der Waals surface area contributed by atoms with Crippen molar-refractivity contribution in [1.82, 2.24) is 14.4 Å². The molecule has 0 unspecified atom stereocenters. The maximum absolute atomic E-state index is 13.5. The lowest BCUT2D eigenvalue weighted by atomic mass is 10.1. The van der Waals surface area contributed by atoms with E-state index in [9.17, 15) is 9.59 Å². The number of carbonyl (C=O) groups excluding carboxylic acids is 2. The Morgan fingerprint density at radius 2 is 1.68 bits per heavy atom. The highest BCUT2D eigenvalue weighted by molar-refractivity contribution is 6.30. The van der Waals surface area contributed by atoms with Crippen molar-refractivity contribution in [1.29, 1.82) is 0 Å². The molecule has 0 saturated carbocycles. The largest absolute Gasteiger partial charge is 0.382 e. The first kappa shape index (κ1) is 25.5. The van der Waals surface area contributed by atoms with E-state index in [0.29, 0.717) is 49.9 Å². The molecule has 1 heterocycles. The first-order valence-electron chi connectivity index (χ1n) is 11.5. The molecule has 0 fully saturated rings. The Hall–Kier alpha value is -3.09. The summed E-state index contributed by atoms with van der Waals surface area (Å²) >= 11 is 5.99. The number of amides is 2. The molecule has 3 aromatic rings. The van der Waals surface area contributed by atoms with Gasteiger partial charge in [0.1, 0.15) is 6.54 Å². The molecule has 0 aliphatic heterocycles. The third-order valence-electron chi connectivity index (χ3n) is 5.60. The summed E-state index contributed by atoms with van der Waals surface area (Å²) in [4.78, 5) is 30.2. The molecule has 6 nitrogen and oxygen atoms in total. The van der Waals surface area contributed by atoms with Gasteiger partial charge >= 0.3 is 0 Å². The molecule has 0 atom stereocenters. The van der Waals surface area contributed by atoms with Crippen LogP contribution in [0, 0.1) is 0 Å². The number of nitrogens with zero attached hydrogens (tertiary/aromatic N) is 3. The van der Waals surface area contributed by atoms with Crippen LogP contribution in [0.4, 0.5) is 0 Å². The van der Waals surface area contributed by atoms with Crippen LogP contribution in [0.1, 0.15) is 35.0 Å². The summed E-state index contributed by atoms with van der Waals surface area (Å²) < 4.78 is 7.45. The Labute approximate surface area is 206 Å². The lowest BCUT2D eigenvalue weighted by Gasteiger charge is -2.28. The minimum absolute atomic E-state index is 0.00909. The number of aromatic nitrogens is 1. The number of aryl methyl sites for hydroxylation is 1. The van der Waals surface area contributed by atoms with Gasteiger partial charge in [0.05, 0.1) is 6.54 Å². The summed E-state index contributed by atoms with van der Waals surface area (Å²) in [6.45, 7) is 4.43. The van der Waals surface area contributed by atoms with Crippen LogP contribution in [-0.2, 0) is 29.7 Å². The van der Waals surface area contributed by atoms with Crippen molar-refractivity contribution >= 4 is 23.4 Å². The van der Waals surface area contributed by atoms with E-state index < -0.39 is 0 Å². The van der Waals surface area contributed by atoms with E-state index in [1.165, 1.54) is 0 Å². The molecule has 2 amide bonds. The Morgan fingerprint density at radius 3 is 2.32 bits per heavy atom. The summed E-state index contributed by atoms with van der Waals surface area (Å²) in [5, 5.41) is 0.562. The molecule has 0 saturated heterocycles. The van der Waals surface area contributed by atoms with Gasteiger partial charge in [0, 0.05) is 55.8 Å². The van der Waals surface area contributed by atoms with E-state index in [1.807, 2.05) is 67.2 Å². The second-order valence-electron chi connectivity index (χ2n) is 8.13. The van der Waals surface area contributed by atoms with Gasteiger partial charge in [-0.3, -0.25) is 9.59 Å². The summed E-state index contributed by atoms with van der Waals surface area (Å²) in [6, 6.07) is 20.6. The minimum Gasteiger partial charge on any atom is -0.382 e. The zero-order chi connectivity index (χ0) is 24.3. The molecule has 3 rings (SSSR count). The molecule has 0 aliphatic carbocycles. The van der Waals surface area contributed by atoms with E-state index in [1.54, 1.807) is 34.1 Å². The highest BCUT2D eigenvalue weighted by Gasteiger charge is 2.23. The first-order valence-corrected chi connectivity index (χ1v) is 11.9. The van der Waals surface area contributed by atoms with Crippen LogP contribution in [0.5, 0.6) is 0 Å². The number of halogens is 1. The monoisotopic (exact) mass is 481 g/mol. The van der Waals surface area contributed by atoms with Crippen LogP contribution in [0.15, 0.2) is 72.9 Å². The second-order valence-corrected chi connectivity index (χ2v) is 8.57. The predicted molar refractivity (Wildman–Crippen MR) is 135 cm³/mol. The van der Waals surface area contributed by atoms with Gasteiger partial charge in [-0.15, -0.1) is 0 Å². The molecule has 0 N–H and O–H groups in total. The molecule has 0 bridgehead atoms. The van der Waals surface area contributed by atoms with E-state index in [0.717, 1.165) is 11.3 Å². The highest BCUT2D eigenvalue weighted by Crippen LogP contribution is 2.15. The van der Waals surface area contributed by atoms with E-state index in [4.69, 9.17) is 16.3 Å². The van der Waals surface area contributed by atoms with Crippen LogP contribution in [0.25, 0.3) is 0 Å². The Kier molecular flexibility index (Phi) is 9.74. The summed E-state index contributed by atoms with van der Waals surface area (Å²) in [6.07, 6.45) is 2.61. The molecule has 7 heteroatoms. The van der Waals surface area contributed by atoms with Gasteiger partial charge in [-0.25, -0.2) is 0 Å². The van der Waals surface area contributed by atoms with Gasteiger partial charge in [0.25, 0.3) is 5.91 Å². The predicted octanol–water partition coefficient (Wildman–Crippen LogP) is 4.78. The van der Waals surface area contributed by atoms with Crippen molar-refractivity contribution < 1.29 is 14.3 Å². The maximum Gasteiger partial charge on any atom is 0.254 e. The van der Waals surface area contributed by atoms with Gasteiger partial charge < -0.3 is 19.1 Å². The van der Waals surface area contributed by atoms with E-state index in [-0.39, 0.29) is 18.4 Å². The van der Waals surface area contributed by atoms with Crippen LogP contribution < -0.4 is 0 Å². The fourth-order valence-electron chi connectivity index (χ4n) is 3.68. The molecule has 0 spiro atoms. The maximum atomic E-state index is 13.5. The van der Waals surface area contributed by atoms with Crippen molar-refractivity contribution in [2.75, 3.05) is 26.3 Å². The van der Waals surface area contributed by atoms with E-state index >= 15 is 0 Å². The standard InChI is InChI=1S/C27H32ClN3O3/c1-3-34-18-8-17-30(27(33)23-12-14-24(28)15-13-23)21-26(32)31(19-22-9-5-4-6-10-22)20-25-11-7-16-29(25)2/h4-7,9-16H,3,8,17-21H2,1-2H3. The molecular weight excluding hydrogens is 450 g/mol. The van der Waals surface area contributed by atoms with Crippen LogP contribution in [0.2, 0.25) is 5.02 Å². The van der Waals surface area contributed by atoms with Gasteiger partial charge in [0.2, 0.25) is 5.91 Å². The Morgan fingerprint density at radius 1 is 0.941 bits per heavy atom. The quantitative estimate of drug-likeness (QED) is 0.350. The Balaban J connectivity index is 1.79. The zero-order valence-electron chi connectivity index (χ0n) is 19.8. The van der Waals surface area contributed by atoms with Crippen LogP contribution >= 0.6 is 11.6 Å². The number of carbonyl (C=O) groups is 2. The first-order chi connectivity index (χ1) is 16.5. The topological polar surface area (TPSA) is 54.8 Å². The molecular formula is C27H32ClN3O3. The summed E-state index contributed by atoms with van der Waals surface area (Å²) in [7, 11) is 1.96. The molecule has 2 aromatic carbocycles. The smallest absolute Gasteiger partial charge is 0.254 e. The number of ether oxygens (including phenoxy) is 1. The van der Waals surface area contributed by atoms with Gasteiger partial charge in [-0.2, -0.15) is 0 Å². The molecule has 0 aliphatic rings. The number of rotatable bonds is 12. The van der Waals surface area contributed by atoms with Gasteiger partial charge in [0.15, 0.2) is 0 Å². The highest BCUT2D eigenvalue weighted by atomic mass is 35.5. The number of hydrogen-bond acceptors (Lipinski definition) is 3. The third kappa shape index (κ3) is 7.47. The van der Waals surface area contributed by atoms with Crippen LogP contribution in [-0.4, -0.2) is 52.5 Å². The fourth-order valence-corrected chi connectivity index (χ4v) is 3.81. The third-order valence-corrected chi connectivity index (χ3v) is 5.85. The van der Waals surface area contributed by atoms with Crippen molar-refractivity contribution in [3.8, 4) is 0 Å². The molecule has 1 aromatic heterocycles. The average molecular weight is 482 g/mol. The van der Waals surface area contributed by atoms with Crippen molar-refractivity contribution in [2.45, 2.75) is 26.4 Å². The second kappa shape index (κ2) is 13.0. The van der Waals surface area contributed by atoms with Crippen molar-refractivity contribution in [3.63, 3.8) is 0 Å². The molecule has 0 radical (unpaired) electrons. The summed E-state index contributed by atoms with van der Waals surface area (Å²) in [5.41, 5.74) is 2.57. The van der Waals surface area contributed by atoms with Crippen LogP contribution in [0.3, 0.4) is 0 Å². The summed E-state index contributed by atoms with van der Waals surface area (Å²) in [5.74, 6) is -0.302. The molecule has 34 heavy (non-hydrogen) atoms. The minimum atomic E-state index is -0.194. The SMILES string of the molecule is CCOCCCN(CC(=O)N(Cc1ccccc1)Cc1cccn1C)C(=O)c1ccc(Cl)cc1. The van der Waals surface area contributed by atoms with Gasteiger partial charge in [-0.1, -0.05) is 41.9 Å². The molecule has 180 valence electrons. The van der Waals surface area contributed by atoms with E-state index in [2.05, 4.69) is 0 Å². The Bertz CT molecular complexity index is 1050. The lowest BCUT2D eigenvalue weighted by Crippen LogP contribution is -2.43. The normalized spacial score (nSPS) is 10.8. The van der Waals surface area contributed by atoms with Gasteiger partial charge in [-0.05, 0) is 55.3 Å².